The number of nitrogens with zero attached hydrogens (tertiary/aromatic N) is 2. The van der Waals surface area contributed by atoms with Crippen LogP contribution in [0.4, 0.5) is 0 Å². The van der Waals surface area contributed by atoms with E-state index < -0.39 is 0 Å². The highest BCUT2D eigenvalue weighted by Crippen LogP contribution is 2.15. The fraction of sp³-hybridized carbons (Fsp3) is 0.533. The molecule has 0 aliphatic carbocycles. The number of amides is 1. The molecule has 0 saturated heterocycles. The zero-order valence-corrected chi connectivity index (χ0v) is 13.2. The Morgan fingerprint density at radius 3 is 2.70 bits per heavy atom. The highest BCUT2D eigenvalue weighted by atomic mass is 32.1. The van der Waals surface area contributed by atoms with E-state index in [0.717, 1.165) is 25.2 Å². The molecule has 1 amide bonds. The van der Waals surface area contributed by atoms with Crippen LogP contribution in [0.2, 0.25) is 0 Å². The maximum absolute atomic E-state index is 12.0. The monoisotopic (exact) mass is 294 g/mol. The predicted molar refractivity (Wildman–Crippen MR) is 82.5 cm³/mol. The van der Waals surface area contributed by atoms with Gasteiger partial charge in [0.2, 0.25) is 5.91 Å². The summed E-state index contributed by atoms with van der Waals surface area (Å²) in [4.78, 5) is 17.0. The Morgan fingerprint density at radius 2 is 2.10 bits per heavy atom. The number of hydrogen-bond acceptors (Lipinski definition) is 4. The molecule has 1 N–H and O–H groups in total. The van der Waals surface area contributed by atoms with Gasteiger partial charge in [0.1, 0.15) is 6.61 Å². The highest BCUT2D eigenvalue weighted by Gasteiger charge is 2.13. The molecule has 0 fully saturated rings. The molecular formula is C15H22N2O2S. The van der Waals surface area contributed by atoms with Gasteiger partial charge in [-0.05, 0) is 27.0 Å². The summed E-state index contributed by atoms with van der Waals surface area (Å²) in [5.74, 6) is 5.67. The van der Waals surface area contributed by atoms with Crippen molar-refractivity contribution in [2.24, 2.45) is 0 Å². The summed E-state index contributed by atoms with van der Waals surface area (Å²) in [6.07, 6.45) is 0. The van der Waals surface area contributed by atoms with E-state index in [1.807, 2.05) is 42.1 Å². The van der Waals surface area contributed by atoms with Crippen molar-refractivity contribution in [1.29, 1.82) is 0 Å². The second kappa shape index (κ2) is 8.75. The molecule has 110 valence electrons. The van der Waals surface area contributed by atoms with Crippen molar-refractivity contribution in [2.45, 2.75) is 20.4 Å². The summed E-state index contributed by atoms with van der Waals surface area (Å²) in [5.41, 5.74) is 0.919. The van der Waals surface area contributed by atoms with E-state index in [9.17, 15) is 4.79 Å². The second-order valence-electron chi connectivity index (χ2n) is 4.50. The first-order valence-corrected chi connectivity index (χ1v) is 7.62. The first-order valence-electron chi connectivity index (χ1n) is 6.74. The Balaban J connectivity index is 2.51. The fourth-order valence-corrected chi connectivity index (χ4v) is 2.80. The maximum Gasteiger partial charge on any atom is 0.236 e. The van der Waals surface area contributed by atoms with Crippen molar-refractivity contribution >= 4 is 17.2 Å². The zero-order chi connectivity index (χ0) is 15.0. The lowest BCUT2D eigenvalue weighted by atomic mass is 10.3. The van der Waals surface area contributed by atoms with Crippen LogP contribution in [0.3, 0.4) is 0 Å². The third-order valence-corrected chi connectivity index (χ3v) is 3.83. The quantitative estimate of drug-likeness (QED) is 0.807. The predicted octanol–water partition coefficient (Wildman–Crippen LogP) is 1.39. The van der Waals surface area contributed by atoms with Crippen LogP contribution in [0.1, 0.15) is 24.3 Å². The standard InChI is InChI=1S/C15H22N2O2S/c1-4-17(5-2)15(19)11-16(3)10-14-9-13(12-20-14)7-6-8-18/h9,12,18H,4-5,8,10-11H2,1-3H3. The number of thiophene rings is 1. The molecule has 0 aromatic carbocycles. The lowest BCUT2D eigenvalue weighted by Crippen LogP contribution is -2.38. The minimum atomic E-state index is -0.122. The molecule has 0 bridgehead atoms. The summed E-state index contributed by atoms with van der Waals surface area (Å²) in [6.45, 7) is 6.53. The van der Waals surface area contributed by atoms with Gasteiger partial charge in [-0.3, -0.25) is 9.69 Å². The Bertz CT molecular complexity index is 484. The van der Waals surface area contributed by atoms with Gasteiger partial charge < -0.3 is 10.0 Å². The molecule has 1 rings (SSSR count). The molecular weight excluding hydrogens is 272 g/mol. The van der Waals surface area contributed by atoms with Crippen molar-refractivity contribution in [3.8, 4) is 11.8 Å². The van der Waals surface area contributed by atoms with Gasteiger partial charge in [-0.2, -0.15) is 0 Å². The molecule has 1 aromatic heterocycles. The molecule has 1 aromatic rings. The van der Waals surface area contributed by atoms with E-state index in [2.05, 4.69) is 11.8 Å². The minimum absolute atomic E-state index is 0.122. The molecule has 0 atom stereocenters. The summed E-state index contributed by atoms with van der Waals surface area (Å²) in [5, 5.41) is 10.6. The van der Waals surface area contributed by atoms with Crippen LogP contribution >= 0.6 is 11.3 Å². The Kier molecular flexibility index (Phi) is 7.31. The van der Waals surface area contributed by atoms with Crippen LogP contribution < -0.4 is 0 Å². The van der Waals surface area contributed by atoms with E-state index in [4.69, 9.17) is 5.11 Å². The third kappa shape index (κ3) is 5.33. The van der Waals surface area contributed by atoms with Gasteiger partial charge in [0.15, 0.2) is 0 Å². The normalized spacial score (nSPS) is 10.2. The van der Waals surface area contributed by atoms with Crippen LogP contribution in [0.15, 0.2) is 11.4 Å². The molecule has 0 saturated carbocycles. The van der Waals surface area contributed by atoms with E-state index in [1.165, 1.54) is 4.88 Å². The molecule has 5 heteroatoms. The van der Waals surface area contributed by atoms with Crippen molar-refractivity contribution < 1.29 is 9.90 Å². The number of hydrogen-bond donors (Lipinski definition) is 1. The third-order valence-electron chi connectivity index (χ3n) is 2.91. The lowest BCUT2D eigenvalue weighted by Gasteiger charge is -2.22. The molecule has 0 spiro atoms. The first-order chi connectivity index (χ1) is 9.60. The SMILES string of the molecule is CCN(CC)C(=O)CN(C)Cc1cc(C#CCO)cs1. The Hall–Kier alpha value is -1.35. The lowest BCUT2D eigenvalue weighted by molar-refractivity contribution is -0.131. The Labute approximate surface area is 125 Å². The van der Waals surface area contributed by atoms with Gasteiger partial charge in [-0.15, -0.1) is 11.3 Å². The second-order valence-corrected chi connectivity index (χ2v) is 5.50. The van der Waals surface area contributed by atoms with Crippen LogP contribution in [0.5, 0.6) is 0 Å². The van der Waals surface area contributed by atoms with Crippen LogP contribution in [0, 0.1) is 11.8 Å². The van der Waals surface area contributed by atoms with E-state index in [0.29, 0.717) is 6.54 Å². The molecule has 4 nitrogen and oxygen atoms in total. The number of aliphatic hydroxyl groups excluding tert-OH is 1. The largest absolute Gasteiger partial charge is 0.384 e. The number of carbonyl (C=O) groups excluding carboxylic acids is 1. The van der Waals surface area contributed by atoms with Crippen molar-refractivity contribution in [2.75, 3.05) is 33.3 Å². The smallest absolute Gasteiger partial charge is 0.236 e. The first kappa shape index (κ1) is 16.7. The average molecular weight is 294 g/mol. The molecule has 0 radical (unpaired) electrons. The summed E-state index contributed by atoms with van der Waals surface area (Å²) in [6, 6.07) is 2.01. The number of likely N-dealkylation sites (N-methyl/N-ethyl adjacent to an activating group) is 2. The van der Waals surface area contributed by atoms with Gasteiger partial charge in [0, 0.05) is 35.5 Å². The van der Waals surface area contributed by atoms with Crippen LogP contribution in [0.25, 0.3) is 0 Å². The average Bonchev–Trinajstić information content (AvgIpc) is 2.85. The molecule has 1 heterocycles. The van der Waals surface area contributed by atoms with E-state index in [-0.39, 0.29) is 12.5 Å². The van der Waals surface area contributed by atoms with Crippen molar-refractivity contribution in [3.63, 3.8) is 0 Å². The van der Waals surface area contributed by atoms with Crippen LogP contribution in [-0.4, -0.2) is 54.1 Å². The maximum atomic E-state index is 12.0. The van der Waals surface area contributed by atoms with Gasteiger partial charge >= 0.3 is 0 Å². The van der Waals surface area contributed by atoms with E-state index >= 15 is 0 Å². The number of rotatable bonds is 6. The Morgan fingerprint density at radius 1 is 1.40 bits per heavy atom. The molecule has 20 heavy (non-hydrogen) atoms. The number of carbonyl (C=O) groups is 1. The van der Waals surface area contributed by atoms with Gasteiger partial charge in [0.25, 0.3) is 0 Å². The minimum Gasteiger partial charge on any atom is -0.384 e. The molecule has 0 unspecified atom stereocenters. The highest BCUT2D eigenvalue weighted by molar-refractivity contribution is 7.10. The zero-order valence-electron chi connectivity index (χ0n) is 12.3. The van der Waals surface area contributed by atoms with Gasteiger partial charge in [-0.25, -0.2) is 0 Å². The summed E-state index contributed by atoms with van der Waals surface area (Å²) >= 11 is 1.62. The summed E-state index contributed by atoms with van der Waals surface area (Å²) < 4.78 is 0. The summed E-state index contributed by atoms with van der Waals surface area (Å²) in [7, 11) is 1.94. The van der Waals surface area contributed by atoms with Crippen molar-refractivity contribution in [1.82, 2.24) is 9.80 Å². The molecule has 0 aliphatic heterocycles. The number of aliphatic hydroxyl groups is 1. The van der Waals surface area contributed by atoms with Crippen LogP contribution in [-0.2, 0) is 11.3 Å². The van der Waals surface area contributed by atoms with Crippen molar-refractivity contribution in [3.05, 3.63) is 21.9 Å². The molecule has 0 aliphatic rings. The van der Waals surface area contributed by atoms with E-state index in [1.54, 1.807) is 11.3 Å². The fourth-order valence-electron chi connectivity index (χ4n) is 1.90. The van der Waals surface area contributed by atoms with Gasteiger partial charge in [0.05, 0.1) is 6.54 Å². The van der Waals surface area contributed by atoms with Gasteiger partial charge in [-0.1, -0.05) is 11.8 Å². The topological polar surface area (TPSA) is 43.8 Å².